The van der Waals surface area contributed by atoms with Crippen LogP contribution in [0.1, 0.15) is 33.1 Å². The Bertz CT molecular complexity index is 307. The predicted molar refractivity (Wildman–Crippen MR) is 71.1 cm³/mol. The summed E-state index contributed by atoms with van der Waals surface area (Å²) in [6.07, 6.45) is 2.70. The zero-order valence-corrected chi connectivity index (χ0v) is 11.8. The largest absolute Gasteiger partial charge is 0.480 e. The van der Waals surface area contributed by atoms with Gasteiger partial charge in [-0.15, -0.1) is 0 Å². The fourth-order valence-electron chi connectivity index (χ4n) is 2.36. The number of nitrogens with zero attached hydrogens (tertiary/aromatic N) is 2. The van der Waals surface area contributed by atoms with E-state index in [1.165, 1.54) is 4.90 Å². The lowest BCUT2D eigenvalue weighted by molar-refractivity contribution is -0.137. The first kappa shape index (κ1) is 15.8. The van der Waals surface area contributed by atoms with Crippen LogP contribution in [-0.4, -0.2) is 65.8 Å². The number of rotatable bonds is 6. The van der Waals surface area contributed by atoms with Gasteiger partial charge in [-0.1, -0.05) is 6.92 Å². The number of urea groups is 1. The fraction of sp³-hybridized carbons (Fsp3) is 0.846. The monoisotopic (exact) mass is 272 g/mol. The molecule has 1 N–H and O–H groups in total. The minimum Gasteiger partial charge on any atom is -0.480 e. The number of hydrogen-bond acceptors (Lipinski definition) is 3. The second-order valence-corrected chi connectivity index (χ2v) is 4.76. The average Bonchev–Trinajstić information content (AvgIpc) is 2.37. The van der Waals surface area contributed by atoms with Gasteiger partial charge in [-0.2, -0.15) is 0 Å². The molecule has 110 valence electrons. The van der Waals surface area contributed by atoms with Gasteiger partial charge in [0.1, 0.15) is 6.54 Å². The molecule has 0 aromatic heterocycles. The van der Waals surface area contributed by atoms with Gasteiger partial charge in [-0.25, -0.2) is 4.79 Å². The molecule has 1 atom stereocenters. The second kappa shape index (κ2) is 7.99. The quantitative estimate of drug-likeness (QED) is 0.793. The van der Waals surface area contributed by atoms with Crippen molar-refractivity contribution in [2.24, 2.45) is 0 Å². The highest BCUT2D eigenvalue weighted by Crippen LogP contribution is 2.15. The van der Waals surface area contributed by atoms with Crippen LogP contribution in [0.15, 0.2) is 0 Å². The number of ether oxygens (including phenoxy) is 1. The van der Waals surface area contributed by atoms with Gasteiger partial charge in [-0.3, -0.25) is 4.79 Å². The third-order valence-corrected chi connectivity index (χ3v) is 3.14. The average molecular weight is 272 g/mol. The van der Waals surface area contributed by atoms with Crippen LogP contribution < -0.4 is 0 Å². The lowest BCUT2D eigenvalue weighted by Crippen LogP contribution is -2.50. The summed E-state index contributed by atoms with van der Waals surface area (Å²) in [5.41, 5.74) is 0. The van der Waals surface area contributed by atoms with Crippen molar-refractivity contribution in [2.45, 2.75) is 39.2 Å². The maximum absolute atomic E-state index is 12.3. The van der Waals surface area contributed by atoms with E-state index < -0.39 is 5.97 Å². The molecule has 1 unspecified atom stereocenters. The molecule has 0 aliphatic carbocycles. The van der Waals surface area contributed by atoms with Crippen molar-refractivity contribution in [1.29, 1.82) is 0 Å². The maximum atomic E-state index is 12.3. The normalized spacial score (nSPS) is 19.3. The number of carbonyl (C=O) groups excluding carboxylic acids is 1. The molecule has 0 radical (unpaired) electrons. The van der Waals surface area contributed by atoms with E-state index >= 15 is 0 Å². The highest BCUT2D eigenvalue weighted by Gasteiger charge is 2.27. The van der Waals surface area contributed by atoms with Crippen molar-refractivity contribution in [3.8, 4) is 0 Å². The topological polar surface area (TPSA) is 70.1 Å². The molecule has 1 fully saturated rings. The van der Waals surface area contributed by atoms with E-state index in [9.17, 15) is 9.59 Å². The molecule has 0 aromatic carbocycles. The number of carbonyl (C=O) groups is 2. The number of aliphatic carboxylic acids is 1. The summed E-state index contributed by atoms with van der Waals surface area (Å²) >= 11 is 0. The molecule has 1 saturated heterocycles. The Balaban J connectivity index is 2.59. The lowest BCUT2D eigenvalue weighted by atomic mass is 10.1. The van der Waals surface area contributed by atoms with Gasteiger partial charge in [0, 0.05) is 26.2 Å². The SMILES string of the molecule is CCCN(CC(=O)O)C(=O)N1CCCC(OCC)C1. The molecule has 0 bridgehead atoms. The van der Waals surface area contributed by atoms with Crippen molar-refractivity contribution in [2.75, 3.05) is 32.8 Å². The molecule has 0 saturated carbocycles. The zero-order chi connectivity index (χ0) is 14.3. The number of carboxylic acids is 1. The minimum atomic E-state index is -0.972. The van der Waals surface area contributed by atoms with Crippen LogP contribution >= 0.6 is 0 Å². The highest BCUT2D eigenvalue weighted by molar-refractivity contribution is 5.80. The number of hydrogen-bond donors (Lipinski definition) is 1. The van der Waals surface area contributed by atoms with Gasteiger partial charge in [0.05, 0.1) is 6.10 Å². The van der Waals surface area contributed by atoms with Crippen LogP contribution in [0, 0.1) is 0 Å². The first-order valence-electron chi connectivity index (χ1n) is 6.95. The molecule has 6 heteroatoms. The number of amides is 2. The third-order valence-electron chi connectivity index (χ3n) is 3.14. The summed E-state index contributed by atoms with van der Waals surface area (Å²) < 4.78 is 5.56. The van der Waals surface area contributed by atoms with Gasteiger partial charge in [0.2, 0.25) is 0 Å². The Morgan fingerprint density at radius 1 is 1.42 bits per heavy atom. The molecule has 0 aromatic rings. The van der Waals surface area contributed by atoms with Crippen LogP contribution in [0.3, 0.4) is 0 Å². The molecular weight excluding hydrogens is 248 g/mol. The minimum absolute atomic E-state index is 0.0796. The van der Waals surface area contributed by atoms with Gasteiger partial charge < -0.3 is 19.6 Å². The van der Waals surface area contributed by atoms with Crippen LogP contribution in [0.5, 0.6) is 0 Å². The number of likely N-dealkylation sites (tertiary alicyclic amines) is 1. The molecule has 2 amide bonds. The van der Waals surface area contributed by atoms with E-state index in [-0.39, 0.29) is 18.7 Å². The lowest BCUT2D eigenvalue weighted by Gasteiger charge is -2.35. The molecule has 6 nitrogen and oxygen atoms in total. The molecule has 1 heterocycles. The molecule has 1 aliphatic rings. The van der Waals surface area contributed by atoms with E-state index in [0.717, 1.165) is 19.3 Å². The fourth-order valence-corrected chi connectivity index (χ4v) is 2.36. The van der Waals surface area contributed by atoms with Crippen molar-refractivity contribution in [3.05, 3.63) is 0 Å². The third kappa shape index (κ3) is 5.06. The van der Waals surface area contributed by atoms with Crippen molar-refractivity contribution in [1.82, 2.24) is 9.80 Å². The molecule has 1 aliphatic heterocycles. The van der Waals surface area contributed by atoms with Gasteiger partial charge >= 0.3 is 12.0 Å². The van der Waals surface area contributed by atoms with Gasteiger partial charge in [0.25, 0.3) is 0 Å². The van der Waals surface area contributed by atoms with Crippen LogP contribution in [0.2, 0.25) is 0 Å². The summed E-state index contributed by atoms with van der Waals surface area (Å²) in [5.74, 6) is -0.972. The second-order valence-electron chi connectivity index (χ2n) is 4.76. The van der Waals surface area contributed by atoms with E-state index in [0.29, 0.717) is 26.2 Å². The number of carboxylic acid groups (broad SMARTS) is 1. The predicted octanol–water partition coefficient (Wildman–Crippen LogP) is 1.40. The smallest absolute Gasteiger partial charge is 0.323 e. The van der Waals surface area contributed by atoms with Gasteiger partial charge in [-0.05, 0) is 26.2 Å². The standard InChI is InChI=1S/C13H24N2O4/c1-3-7-14(10-12(16)17)13(18)15-8-5-6-11(9-15)19-4-2/h11H,3-10H2,1-2H3,(H,16,17). The summed E-state index contributed by atoms with van der Waals surface area (Å²) in [5, 5.41) is 8.86. The Kier molecular flexibility index (Phi) is 6.62. The van der Waals surface area contributed by atoms with Crippen LogP contribution in [0.4, 0.5) is 4.79 Å². The van der Waals surface area contributed by atoms with Crippen LogP contribution in [-0.2, 0) is 9.53 Å². The first-order chi connectivity index (χ1) is 9.08. The molecule has 1 rings (SSSR count). The summed E-state index contributed by atoms with van der Waals surface area (Å²) in [6.45, 7) is 5.99. The van der Waals surface area contributed by atoms with Crippen LogP contribution in [0.25, 0.3) is 0 Å². The summed E-state index contributed by atoms with van der Waals surface area (Å²) in [7, 11) is 0. The first-order valence-corrected chi connectivity index (χ1v) is 6.95. The molecular formula is C13H24N2O4. The van der Waals surface area contributed by atoms with Crippen molar-refractivity contribution in [3.63, 3.8) is 0 Å². The summed E-state index contributed by atoms with van der Waals surface area (Å²) in [6, 6.07) is -0.186. The van der Waals surface area contributed by atoms with E-state index in [1.807, 2.05) is 13.8 Å². The van der Waals surface area contributed by atoms with Crippen molar-refractivity contribution >= 4 is 12.0 Å². The van der Waals surface area contributed by atoms with E-state index in [1.54, 1.807) is 4.90 Å². The van der Waals surface area contributed by atoms with E-state index in [2.05, 4.69) is 0 Å². The zero-order valence-electron chi connectivity index (χ0n) is 11.8. The Labute approximate surface area is 114 Å². The maximum Gasteiger partial charge on any atom is 0.323 e. The Hall–Kier alpha value is -1.30. The Morgan fingerprint density at radius 2 is 2.16 bits per heavy atom. The highest BCUT2D eigenvalue weighted by atomic mass is 16.5. The number of piperidine rings is 1. The van der Waals surface area contributed by atoms with Gasteiger partial charge in [0.15, 0.2) is 0 Å². The molecule has 19 heavy (non-hydrogen) atoms. The molecule has 0 spiro atoms. The Morgan fingerprint density at radius 3 is 2.74 bits per heavy atom. The summed E-state index contributed by atoms with van der Waals surface area (Å²) in [4.78, 5) is 26.2. The van der Waals surface area contributed by atoms with Crippen molar-refractivity contribution < 1.29 is 19.4 Å². The van der Waals surface area contributed by atoms with E-state index in [4.69, 9.17) is 9.84 Å².